The van der Waals surface area contributed by atoms with Crippen LogP contribution in [0.2, 0.25) is 0 Å². The van der Waals surface area contributed by atoms with Crippen LogP contribution < -0.4 is 11.1 Å². The molecule has 0 aliphatic heterocycles. The van der Waals surface area contributed by atoms with E-state index in [2.05, 4.69) is 20.3 Å². The molecule has 5 nitrogen and oxygen atoms in total. The van der Waals surface area contributed by atoms with E-state index in [0.29, 0.717) is 17.5 Å². The number of hydrogen-bond donors (Lipinski definition) is 2. The van der Waals surface area contributed by atoms with Gasteiger partial charge < -0.3 is 11.1 Å². The lowest BCUT2D eigenvalue weighted by atomic mass is 9.95. The predicted molar refractivity (Wildman–Crippen MR) is 72.2 cm³/mol. The SMILES string of the molecule is Nc1ccc2c(NC3CCCCC3)ncnc2n1. The van der Waals surface area contributed by atoms with Crippen LogP contribution in [-0.2, 0) is 0 Å². The van der Waals surface area contributed by atoms with Gasteiger partial charge in [0.25, 0.3) is 0 Å². The molecule has 5 heteroatoms. The molecule has 18 heavy (non-hydrogen) atoms. The van der Waals surface area contributed by atoms with Crippen molar-refractivity contribution in [3.05, 3.63) is 18.5 Å². The van der Waals surface area contributed by atoms with E-state index in [1.165, 1.54) is 32.1 Å². The molecule has 1 aliphatic carbocycles. The van der Waals surface area contributed by atoms with Crippen molar-refractivity contribution in [2.75, 3.05) is 11.1 Å². The Morgan fingerprint density at radius 2 is 1.94 bits per heavy atom. The van der Waals surface area contributed by atoms with Gasteiger partial charge in [0.05, 0.1) is 5.39 Å². The Kier molecular flexibility index (Phi) is 2.96. The number of aromatic nitrogens is 3. The molecule has 2 aromatic heterocycles. The summed E-state index contributed by atoms with van der Waals surface area (Å²) in [6.45, 7) is 0. The average molecular weight is 243 g/mol. The number of anilines is 2. The molecule has 3 N–H and O–H groups in total. The van der Waals surface area contributed by atoms with Crippen LogP contribution in [0.5, 0.6) is 0 Å². The molecule has 2 heterocycles. The largest absolute Gasteiger partial charge is 0.384 e. The summed E-state index contributed by atoms with van der Waals surface area (Å²) in [5, 5.41) is 4.45. The summed E-state index contributed by atoms with van der Waals surface area (Å²) in [6.07, 6.45) is 7.92. The maximum atomic E-state index is 5.67. The number of nitrogens with two attached hydrogens (primary N) is 1. The van der Waals surface area contributed by atoms with Crippen molar-refractivity contribution in [2.24, 2.45) is 0 Å². The summed E-state index contributed by atoms with van der Waals surface area (Å²) in [5.41, 5.74) is 6.32. The molecule has 0 unspecified atom stereocenters. The lowest BCUT2D eigenvalue weighted by Gasteiger charge is -2.23. The van der Waals surface area contributed by atoms with Crippen molar-refractivity contribution in [2.45, 2.75) is 38.1 Å². The standard InChI is InChI=1S/C13H17N5/c14-11-7-6-10-12(15-8-16-13(10)18-11)17-9-4-2-1-3-5-9/h6-9H,1-5H2,(H3,14,15,16,17,18). The van der Waals surface area contributed by atoms with Gasteiger partial charge in [0, 0.05) is 6.04 Å². The van der Waals surface area contributed by atoms with Crippen LogP contribution in [0.3, 0.4) is 0 Å². The van der Waals surface area contributed by atoms with Gasteiger partial charge in [0.15, 0.2) is 5.65 Å². The minimum atomic E-state index is 0.491. The lowest BCUT2D eigenvalue weighted by Crippen LogP contribution is -2.23. The Hall–Kier alpha value is -1.91. The van der Waals surface area contributed by atoms with Gasteiger partial charge >= 0.3 is 0 Å². The third-order valence-electron chi connectivity index (χ3n) is 3.46. The number of nitrogen functional groups attached to an aromatic ring is 1. The van der Waals surface area contributed by atoms with Gasteiger partial charge in [-0.1, -0.05) is 19.3 Å². The van der Waals surface area contributed by atoms with E-state index in [9.17, 15) is 0 Å². The highest BCUT2D eigenvalue weighted by Crippen LogP contribution is 2.24. The highest BCUT2D eigenvalue weighted by atomic mass is 15.1. The maximum absolute atomic E-state index is 5.67. The van der Waals surface area contributed by atoms with Crippen LogP contribution in [-0.4, -0.2) is 21.0 Å². The van der Waals surface area contributed by atoms with Crippen molar-refractivity contribution in [1.82, 2.24) is 15.0 Å². The normalized spacial score (nSPS) is 16.9. The minimum Gasteiger partial charge on any atom is -0.384 e. The first-order chi connectivity index (χ1) is 8.83. The van der Waals surface area contributed by atoms with Crippen LogP contribution in [0.1, 0.15) is 32.1 Å². The zero-order valence-electron chi connectivity index (χ0n) is 10.3. The molecule has 1 saturated carbocycles. The first-order valence-corrected chi connectivity index (χ1v) is 6.47. The minimum absolute atomic E-state index is 0.491. The number of nitrogens with one attached hydrogen (secondary N) is 1. The second kappa shape index (κ2) is 4.76. The topological polar surface area (TPSA) is 76.7 Å². The fourth-order valence-electron chi connectivity index (χ4n) is 2.51. The van der Waals surface area contributed by atoms with E-state index in [1.54, 1.807) is 12.4 Å². The molecular weight excluding hydrogens is 226 g/mol. The van der Waals surface area contributed by atoms with Crippen LogP contribution in [0.25, 0.3) is 11.0 Å². The molecule has 94 valence electrons. The van der Waals surface area contributed by atoms with Gasteiger partial charge in [-0.3, -0.25) is 0 Å². The van der Waals surface area contributed by atoms with Crippen LogP contribution in [0, 0.1) is 0 Å². The monoisotopic (exact) mass is 243 g/mol. The zero-order chi connectivity index (χ0) is 12.4. The van der Waals surface area contributed by atoms with E-state index in [-0.39, 0.29) is 0 Å². The van der Waals surface area contributed by atoms with Crippen molar-refractivity contribution in [1.29, 1.82) is 0 Å². The van der Waals surface area contributed by atoms with Crippen LogP contribution >= 0.6 is 0 Å². The Labute approximate surface area is 106 Å². The molecule has 3 rings (SSSR count). The maximum Gasteiger partial charge on any atom is 0.166 e. The summed E-state index contributed by atoms with van der Waals surface area (Å²) in [6, 6.07) is 4.25. The Morgan fingerprint density at radius 3 is 2.78 bits per heavy atom. The molecule has 0 amide bonds. The first kappa shape index (κ1) is 11.2. The van der Waals surface area contributed by atoms with E-state index in [0.717, 1.165) is 11.2 Å². The zero-order valence-corrected chi connectivity index (χ0v) is 10.3. The second-order valence-corrected chi connectivity index (χ2v) is 4.81. The molecule has 0 spiro atoms. The fraction of sp³-hybridized carbons (Fsp3) is 0.462. The van der Waals surface area contributed by atoms with E-state index in [4.69, 9.17) is 5.73 Å². The third kappa shape index (κ3) is 2.20. The Morgan fingerprint density at radius 1 is 1.11 bits per heavy atom. The molecule has 1 fully saturated rings. The summed E-state index contributed by atoms with van der Waals surface area (Å²) in [7, 11) is 0. The quantitative estimate of drug-likeness (QED) is 0.846. The highest BCUT2D eigenvalue weighted by Gasteiger charge is 2.15. The van der Waals surface area contributed by atoms with Gasteiger partial charge in [0.2, 0.25) is 0 Å². The molecule has 0 radical (unpaired) electrons. The van der Waals surface area contributed by atoms with E-state index >= 15 is 0 Å². The summed E-state index contributed by atoms with van der Waals surface area (Å²) < 4.78 is 0. The smallest absolute Gasteiger partial charge is 0.166 e. The fourth-order valence-corrected chi connectivity index (χ4v) is 2.51. The Bertz CT molecular complexity index is 548. The van der Waals surface area contributed by atoms with Crippen LogP contribution in [0.4, 0.5) is 11.6 Å². The second-order valence-electron chi connectivity index (χ2n) is 4.81. The van der Waals surface area contributed by atoms with Crippen molar-refractivity contribution < 1.29 is 0 Å². The van der Waals surface area contributed by atoms with Crippen molar-refractivity contribution in [3.63, 3.8) is 0 Å². The molecule has 0 saturated heterocycles. The van der Waals surface area contributed by atoms with Gasteiger partial charge in [-0.2, -0.15) is 0 Å². The van der Waals surface area contributed by atoms with Gasteiger partial charge in [0.1, 0.15) is 18.0 Å². The lowest BCUT2D eigenvalue weighted by molar-refractivity contribution is 0.462. The predicted octanol–water partition coefficient (Wildman–Crippen LogP) is 2.35. The summed E-state index contributed by atoms with van der Waals surface area (Å²) >= 11 is 0. The molecule has 0 atom stereocenters. The number of pyridine rings is 1. The number of rotatable bonds is 2. The highest BCUT2D eigenvalue weighted by molar-refractivity contribution is 5.87. The molecular formula is C13H17N5. The summed E-state index contributed by atoms with van der Waals surface area (Å²) in [4.78, 5) is 12.7. The van der Waals surface area contributed by atoms with Gasteiger partial charge in [-0.15, -0.1) is 0 Å². The van der Waals surface area contributed by atoms with Crippen molar-refractivity contribution in [3.8, 4) is 0 Å². The Balaban J connectivity index is 1.91. The number of fused-ring (bicyclic) bond motifs is 1. The molecule has 1 aliphatic rings. The first-order valence-electron chi connectivity index (χ1n) is 6.47. The van der Waals surface area contributed by atoms with E-state index < -0.39 is 0 Å². The molecule has 0 aromatic carbocycles. The van der Waals surface area contributed by atoms with Gasteiger partial charge in [-0.25, -0.2) is 15.0 Å². The molecule has 0 bridgehead atoms. The third-order valence-corrected chi connectivity index (χ3v) is 3.46. The van der Waals surface area contributed by atoms with Crippen molar-refractivity contribution >= 4 is 22.7 Å². The van der Waals surface area contributed by atoms with Crippen LogP contribution in [0.15, 0.2) is 18.5 Å². The van der Waals surface area contributed by atoms with Gasteiger partial charge in [-0.05, 0) is 25.0 Å². The summed E-state index contributed by atoms with van der Waals surface area (Å²) in [5.74, 6) is 1.37. The number of nitrogens with zero attached hydrogens (tertiary/aromatic N) is 3. The molecule has 2 aromatic rings. The number of hydrogen-bond acceptors (Lipinski definition) is 5. The average Bonchev–Trinajstić information content (AvgIpc) is 2.40. The van der Waals surface area contributed by atoms with E-state index in [1.807, 2.05) is 6.07 Å².